The van der Waals surface area contributed by atoms with Gasteiger partial charge in [0.15, 0.2) is 0 Å². The normalized spacial score (nSPS) is 21.8. The quantitative estimate of drug-likeness (QED) is 0.632. The van der Waals surface area contributed by atoms with Crippen molar-refractivity contribution in [3.05, 3.63) is 22.7 Å². The first kappa shape index (κ1) is 13.6. The highest BCUT2D eigenvalue weighted by atomic mass is 79.9. The third-order valence-electron chi connectivity index (χ3n) is 4.44. The lowest BCUT2D eigenvalue weighted by atomic mass is 9.73. The zero-order valence-corrected chi connectivity index (χ0v) is 12.8. The summed E-state index contributed by atoms with van der Waals surface area (Å²) in [5, 5.41) is 0. The van der Waals surface area contributed by atoms with Crippen LogP contribution < -0.4 is 10.6 Å². The van der Waals surface area contributed by atoms with Gasteiger partial charge in [0, 0.05) is 16.6 Å². The van der Waals surface area contributed by atoms with E-state index >= 15 is 0 Å². The van der Waals surface area contributed by atoms with E-state index < -0.39 is 5.41 Å². The Morgan fingerprint density at radius 2 is 1.85 bits per heavy atom. The molecule has 2 fully saturated rings. The zero-order chi connectivity index (χ0) is 14.3. The van der Waals surface area contributed by atoms with Crippen molar-refractivity contribution >= 4 is 39.1 Å². The van der Waals surface area contributed by atoms with Crippen molar-refractivity contribution in [2.24, 2.45) is 5.41 Å². The molecule has 1 saturated carbocycles. The van der Waals surface area contributed by atoms with Crippen LogP contribution in [0.4, 0.5) is 11.4 Å². The lowest BCUT2D eigenvalue weighted by Crippen LogP contribution is -2.37. The minimum Gasteiger partial charge on any atom is -0.398 e. The average Bonchev–Trinajstić information content (AvgIpc) is 2.66. The molecule has 1 saturated heterocycles. The van der Waals surface area contributed by atoms with E-state index in [9.17, 15) is 9.59 Å². The zero-order valence-electron chi connectivity index (χ0n) is 11.2. The molecule has 20 heavy (non-hydrogen) atoms. The molecule has 0 radical (unpaired) electrons. The van der Waals surface area contributed by atoms with E-state index in [1.807, 2.05) is 0 Å². The number of hydrogen-bond donors (Lipinski definition) is 1. The predicted molar refractivity (Wildman–Crippen MR) is 81.2 cm³/mol. The fourth-order valence-corrected chi connectivity index (χ4v) is 3.59. The number of carbonyl (C=O) groups is 2. The maximum atomic E-state index is 12.7. The number of nitrogens with two attached hydrogens (primary N) is 1. The van der Waals surface area contributed by atoms with Gasteiger partial charge in [0.05, 0.1) is 11.1 Å². The molecule has 0 unspecified atom stereocenters. The number of imide groups is 1. The number of carbonyl (C=O) groups excluding carboxylic acids is 2. The summed E-state index contributed by atoms with van der Waals surface area (Å²) in [6.07, 6.45) is 5.25. The van der Waals surface area contributed by atoms with Gasteiger partial charge in [-0.15, -0.1) is 0 Å². The van der Waals surface area contributed by atoms with Crippen molar-refractivity contribution in [2.45, 2.75) is 38.5 Å². The number of halogens is 1. The fraction of sp³-hybridized carbons (Fsp3) is 0.467. The first-order valence-corrected chi connectivity index (χ1v) is 7.75. The predicted octanol–water partition coefficient (Wildman–Crippen LogP) is 3.25. The summed E-state index contributed by atoms with van der Waals surface area (Å²) >= 11 is 3.32. The largest absolute Gasteiger partial charge is 0.398 e. The molecule has 106 valence electrons. The van der Waals surface area contributed by atoms with Gasteiger partial charge < -0.3 is 5.73 Å². The minimum absolute atomic E-state index is 0.0380. The van der Waals surface area contributed by atoms with Gasteiger partial charge in [0.1, 0.15) is 0 Å². The highest BCUT2D eigenvalue weighted by Gasteiger charge is 2.51. The molecule has 0 bridgehead atoms. The van der Waals surface area contributed by atoms with E-state index in [2.05, 4.69) is 15.9 Å². The second-order valence-corrected chi connectivity index (χ2v) is 6.61. The Morgan fingerprint density at radius 3 is 2.50 bits per heavy atom. The minimum atomic E-state index is -0.447. The first-order chi connectivity index (χ1) is 9.53. The molecule has 2 N–H and O–H groups in total. The Morgan fingerprint density at radius 1 is 1.15 bits per heavy atom. The molecular formula is C15H17BrN2O2. The molecule has 1 aromatic rings. The average molecular weight is 337 g/mol. The second-order valence-electron chi connectivity index (χ2n) is 5.76. The van der Waals surface area contributed by atoms with Crippen LogP contribution in [0.2, 0.25) is 0 Å². The van der Waals surface area contributed by atoms with Crippen LogP contribution in [0, 0.1) is 5.41 Å². The SMILES string of the molecule is Nc1cc(N2C(=O)CC3(CCCCC3)C2=O)ccc1Br. The summed E-state index contributed by atoms with van der Waals surface area (Å²) in [4.78, 5) is 26.4. The number of nitrogens with zero attached hydrogens (tertiary/aromatic N) is 1. The maximum absolute atomic E-state index is 12.7. The Bertz CT molecular complexity index is 579. The van der Waals surface area contributed by atoms with Crippen LogP contribution >= 0.6 is 15.9 Å². The van der Waals surface area contributed by atoms with Crippen LogP contribution in [-0.4, -0.2) is 11.8 Å². The summed E-state index contributed by atoms with van der Waals surface area (Å²) in [6.45, 7) is 0. The standard InChI is InChI=1S/C15H17BrN2O2/c16-11-5-4-10(8-12(11)17)18-13(19)9-15(14(18)20)6-2-1-3-7-15/h4-5,8H,1-3,6-7,9,17H2. The number of nitrogen functional groups attached to an aromatic ring is 1. The van der Waals surface area contributed by atoms with Crippen molar-refractivity contribution in [1.29, 1.82) is 0 Å². The lowest BCUT2D eigenvalue weighted by molar-refractivity contribution is -0.127. The van der Waals surface area contributed by atoms with Gasteiger partial charge >= 0.3 is 0 Å². The third kappa shape index (κ3) is 2.04. The third-order valence-corrected chi connectivity index (χ3v) is 5.17. The Labute approximate surface area is 126 Å². The topological polar surface area (TPSA) is 63.4 Å². The highest BCUT2D eigenvalue weighted by Crippen LogP contribution is 2.46. The molecule has 1 aliphatic carbocycles. The fourth-order valence-electron chi connectivity index (χ4n) is 3.35. The summed E-state index contributed by atoms with van der Waals surface area (Å²) < 4.78 is 0.771. The molecule has 2 amide bonds. The number of rotatable bonds is 1. The van der Waals surface area contributed by atoms with Crippen LogP contribution in [-0.2, 0) is 9.59 Å². The van der Waals surface area contributed by atoms with E-state index in [4.69, 9.17) is 5.73 Å². The molecule has 2 aliphatic rings. The monoisotopic (exact) mass is 336 g/mol. The van der Waals surface area contributed by atoms with Gasteiger partial charge in [-0.05, 0) is 47.0 Å². The van der Waals surface area contributed by atoms with Gasteiger partial charge in [0.2, 0.25) is 11.8 Å². The number of benzene rings is 1. The molecular weight excluding hydrogens is 320 g/mol. The maximum Gasteiger partial charge on any atom is 0.240 e. The van der Waals surface area contributed by atoms with Crippen LogP contribution in [0.25, 0.3) is 0 Å². The van der Waals surface area contributed by atoms with E-state index in [0.717, 1.165) is 36.6 Å². The Hall–Kier alpha value is -1.36. The first-order valence-electron chi connectivity index (χ1n) is 6.96. The molecule has 0 atom stereocenters. The van der Waals surface area contributed by atoms with Gasteiger partial charge in [-0.1, -0.05) is 19.3 Å². The highest BCUT2D eigenvalue weighted by molar-refractivity contribution is 9.10. The molecule has 1 heterocycles. The molecule has 1 aliphatic heterocycles. The summed E-state index contributed by atoms with van der Waals surface area (Å²) in [7, 11) is 0. The summed E-state index contributed by atoms with van der Waals surface area (Å²) in [5.74, 6) is -0.137. The molecule has 5 heteroatoms. The van der Waals surface area contributed by atoms with E-state index in [1.54, 1.807) is 18.2 Å². The van der Waals surface area contributed by atoms with Gasteiger partial charge in [-0.3, -0.25) is 9.59 Å². The number of anilines is 2. The summed E-state index contributed by atoms with van der Waals surface area (Å²) in [5.41, 5.74) is 6.53. The molecule has 3 rings (SSSR count). The molecule has 1 aromatic carbocycles. The molecule has 1 spiro atoms. The van der Waals surface area contributed by atoms with Crippen molar-refractivity contribution in [3.63, 3.8) is 0 Å². The summed E-state index contributed by atoms with van der Waals surface area (Å²) in [6, 6.07) is 5.22. The van der Waals surface area contributed by atoms with Crippen molar-refractivity contribution in [1.82, 2.24) is 0 Å². The van der Waals surface area contributed by atoms with Crippen molar-refractivity contribution in [2.75, 3.05) is 10.6 Å². The van der Waals surface area contributed by atoms with Crippen molar-refractivity contribution < 1.29 is 9.59 Å². The van der Waals surface area contributed by atoms with Gasteiger partial charge in [0.25, 0.3) is 0 Å². The van der Waals surface area contributed by atoms with Crippen molar-refractivity contribution in [3.8, 4) is 0 Å². The molecule has 0 aromatic heterocycles. The van der Waals surface area contributed by atoms with Crippen LogP contribution in [0.1, 0.15) is 38.5 Å². The number of hydrogen-bond acceptors (Lipinski definition) is 3. The van der Waals surface area contributed by atoms with E-state index in [1.165, 1.54) is 4.90 Å². The van der Waals surface area contributed by atoms with E-state index in [0.29, 0.717) is 17.8 Å². The number of amides is 2. The molecule has 4 nitrogen and oxygen atoms in total. The Balaban J connectivity index is 1.95. The van der Waals surface area contributed by atoms with Gasteiger partial charge in [-0.2, -0.15) is 0 Å². The second kappa shape index (κ2) is 4.88. The Kier molecular flexibility index (Phi) is 3.32. The van der Waals surface area contributed by atoms with E-state index in [-0.39, 0.29) is 11.8 Å². The van der Waals surface area contributed by atoms with Crippen LogP contribution in [0.3, 0.4) is 0 Å². The van der Waals surface area contributed by atoms with Crippen LogP contribution in [0.5, 0.6) is 0 Å². The lowest BCUT2D eigenvalue weighted by Gasteiger charge is -2.30. The van der Waals surface area contributed by atoms with Gasteiger partial charge in [-0.25, -0.2) is 4.90 Å². The smallest absolute Gasteiger partial charge is 0.240 e. The van der Waals surface area contributed by atoms with Crippen LogP contribution in [0.15, 0.2) is 22.7 Å².